The standard InChI is InChI=1S/C9H20O4.C5H12O2/c1-7(11)5-12-9(3)6-13-8(2)4-10;1-5(7-3)4-6-2/h7-11H,4-6H2,1-3H3;5H,4H2,1-3H3. The molecule has 0 bridgehead atoms. The second-order valence-corrected chi connectivity index (χ2v) is 4.82. The summed E-state index contributed by atoms with van der Waals surface area (Å²) in [6.45, 7) is 8.74. The van der Waals surface area contributed by atoms with Crippen molar-refractivity contribution in [3.63, 3.8) is 0 Å². The zero-order chi connectivity index (χ0) is 16.0. The lowest BCUT2D eigenvalue weighted by Crippen LogP contribution is -2.24. The second-order valence-electron chi connectivity index (χ2n) is 4.82. The Balaban J connectivity index is 0. The van der Waals surface area contributed by atoms with E-state index in [2.05, 4.69) is 0 Å². The summed E-state index contributed by atoms with van der Waals surface area (Å²) in [5, 5.41) is 17.6. The number of aliphatic hydroxyl groups excluding tert-OH is 2. The molecule has 0 spiro atoms. The average Bonchev–Trinajstić information content (AvgIpc) is 2.43. The summed E-state index contributed by atoms with van der Waals surface area (Å²) in [5.41, 5.74) is 0. The fourth-order valence-corrected chi connectivity index (χ4v) is 1.01. The molecule has 20 heavy (non-hydrogen) atoms. The van der Waals surface area contributed by atoms with E-state index in [1.807, 2.05) is 13.8 Å². The van der Waals surface area contributed by atoms with E-state index in [1.54, 1.807) is 28.1 Å². The molecule has 0 saturated carbocycles. The van der Waals surface area contributed by atoms with Gasteiger partial charge in [-0.1, -0.05) is 0 Å². The zero-order valence-electron chi connectivity index (χ0n) is 13.7. The van der Waals surface area contributed by atoms with Gasteiger partial charge in [0.15, 0.2) is 0 Å². The number of hydrogen-bond acceptors (Lipinski definition) is 6. The van der Waals surface area contributed by atoms with Crippen molar-refractivity contribution in [3.8, 4) is 0 Å². The van der Waals surface area contributed by atoms with Crippen LogP contribution in [0.15, 0.2) is 0 Å². The maximum absolute atomic E-state index is 8.92. The van der Waals surface area contributed by atoms with Gasteiger partial charge in [0.1, 0.15) is 0 Å². The van der Waals surface area contributed by atoms with Crippen molar-refractivity contribution >= 4 is 0 Å². The van der Waals surface area contributed by atoms with Crippen molar-refractivity contribution in [2.24, 2.45) is 0 Å². The van der Waals surface area contributed by atoms with Crippen LogP contribution in [0.3, 0.4) is 0 Å². The Labute approximate surface area is 123 Å². The normalized spacial score (nSPS) is 16.8. The first-order valence-electron chi connectivity index (χ1n) is 6.91. The van der Waals surface area contributed by atoms with E-state index < -0.39 is 6.10 Å². The van der Waals surface area contributed by atoms with Gasteiger partial charge in [0, 0.05) is 14.2 Å². The van der Waals surface area contributed by atoms with Crippen LogP contribution in [0.4, 0.5) is 0 Å². The highest BCUT2D eigenvalue weighted by Gasteiger charge is 2.07. The molecule has 0 radical (unpaired) electrons. The van der Waals surface area contributed by atoms with Gasteiger partial charge in [-0.05, 0) is 27.7 Å². The summed E-state index contributed by atoms with van der Waals surface area (Å²) in [5.74, 6) is 0. The van der Waals surface area contributed by atoms with E-state index in [-0.39, 0.29) is 24.9 Å². The molecular weight excluding hydrogens is 264 g/mol. The molecule has 0 rings (SSSR count). The molecule has 4 unspecified atom stereocenters. The van der Waals surface area contributed by atoms with Crippen LogP contribution in [0.1, 0.15) is 27.7 Å². The van der Waals surface area contributed by atoms with Crippen molar-refractivity contribution in [2.45, 2.75) is 52.1 Å². The van der Waals surface area contributed by atoms with Crippen molar-refractivity contribution in [1.29, 1.82) is 0 Å². The molecule has 0 aromatic carbocycles. The molecule has 124 valence electrons. The largest absolute Gasteiger partial charge is 0.394 e. The Morgan fingerprint density at radius 2 is 1.35 bits per heavy atom. The lowest BCUT2D eigenvalue weighted by Gasteiger charge is -2.16. The van der Waals surface area contributed by atoms with Crippen molar-refractivity contribution in [3.05, 3.63) is 0 Å². The maximum Gasteiger partial charge on any atom is 0.0781 e. The minimum Gasteiger partial charge on any atom is -0.394 e. The van der Waals surface area contributed by atoms with Gasteiger partial charge in [-0.3, -0.25) is 0 Å². The summed E-state index contributed by atoms with van der Waals surface area (Å²) < 4.78 is 20.1. The van der Waals surface area contributed by atoms with Gasteiger partial charge in [0.05, 0.1) is 50.8 Å². The lowest BCUT2D eigenvalue weighted by molar-refractivity contribution is -0.0620. The smallest absolute Gasteiger partial charge is 0.0781 e. The third kappa shape index (κ3) is 17.8. The maximum atomic E-state index is 8.92. The topological polar surface area (TPSA) is 77.4 Å². The molecule has 0 aliphatic heterocycles. The summed E-state index contributed by atoms with van der Waals surface area (Å²) in [6.07, 6.45) is -0.427. The predicted molar refractivity (Wildman–Crippen MR) is 77.9 cm³/mol. The van der Waals surface area contributed by atoms with E-state index in [1.165, 1.54) is 0 Å². The van der Waals surface area contributed by atoms with Gasteiger partial charge in [0.25, 0.3) is 0 Å². The molecule has 0 saturated heterocycles. The Kier molecular flexibility index (Phi) is 16.7. The van der Waals surface area contributed by atoms with Gasteiger partial charge >= 0.3 is 0 Å². The van der Waals surface area contributed by atoms with Gasteiger partial charge < -0.3 is 29.2 Å². The highest BCUT2D eigenvalue weighted by atomic mass is 16.5. The van der Waals surface area contributed by atoms with Crippen LogP contribution in [-0.4, -0.2) is 75.3 Å². The molecule has 2 N–H and O–H groups in total. The summed E-state index contributed by atoms with van der Waals surface area (Å²) in [7, 11) is 3.33. The Morgan fingerprint density at radius 3 is 1.70 bits per heavy atom. The number of aliphatic hydroxyl groups is 2. The van der Waals surface area contributed by atoms with Gasteiger partial charge in [-0.25, -0.2) is 0 Å². The summed E-state index contributed by atoms with van der Waals surface area (Å²) in [6, 6.07) is 0. The van der Waals surface area contributed by atoms with Crippen LogP contribution in [0.5, 0.6) is 0 Å². The average molecular weight is 296 g/mol. The van der Waals surface area contributed by atoms with Crippen molar-refractivity contribution in [2.75, 3.05) is 40.6 Å². The molecule has 0 aliphatic carbocycles. The van der Waals surface area contributed by atoms with Gasteiger partial charge in [-0.15, -0.1) is 0 Å². The molecule has 0 fully saturated rings. The first kappa shape index (κ1) is 22.0. The van der Waals surface area contributed by atoms with Crippen LogP contribution >= 0.6 is 0 Å². The second kappa shape index (κ2) is 15.2. The molecular formula is C14H32O6. The van der Waals surface area contributed by atoms with Crippen LogP contribution in [0.2, 0.25) is 0 Å². The third-order valence-corrected chi connectivity index (χ3v) is 2.30. The van der Waals surface area contributed by atoms with Crippen LogP contribution in [0, 0.1) is 0 Å². The van der Waals surface area contributed by atoms with Crippen LogP contribution in [0.25, 0.3) is 0 Å². The number of ether oxygens (including phenoxy) is 4. The number of rotatable bonds is 10. The molecule has 4 atom stereocenters. The minimum atomic E-state index is -0.447. The first-order chi connectivity index (χ1) is 9.37. The van der Waals surface area contributed by atoms with Gasteiger partial charge in [-0.2, -0.15) is 0 Å². The lowest BCUT2D eigenvalue weighted by atomic mass is 10.4. The molecule has 0 amide bonds. The van der Waals surface area contributed by atoms with E-state index in [4.69, 9.17) is 29.2 Å². The predicted octanol–water partition coefficient (Wildman–Crippen LogP) is 0.837. The van der Waals surface area contributed by atoms with Crippen LogP contribution < -0.4 is 0 Å². The van der Waals surface area contributed by atoms with Crippen molar-refractivity contribution in [1.82, 2.24) is 0 Å². The Morgan fingerprint density at radius 1 is 0.800 bits per heavy atom. The molecule has 0 aromatic heterocycles. The van der Waals surface area contributed by atoms with E-state index in [0.717, 1.165) is 0 Å². The Bertz CT molecular complexity index is 189. The Hall–Kier alpha value is -0.240. The molecule has 0 aliphatic rings. The fraction of sp³-hybridized carbons (Fsp3) is 1.00. The minimum absolute atomic E-state index is 0.0170. The van der Waals surface area contributed by atoms with Gasteiger partial charge in [0.2, 0.25) is 0 Å². The molecule has 6 heteroatoms. The molecule has 0 aromatic rings. The van der Waals surface area contributed by atoms with Crippen molar-refractivity contribution < 1.29 is 29.2 Å². The summed E-state index contributed by atoms with van der Waals surface area (Å²) in [4.78, 5) is 0. The highest BCUT2D eigenvalue weighted by Crippen LogP contribution is 1.97. The SMILES string of the molecule is CC(O)COC(C)COC(C)CO.COCC(C)OC. The summed E-state index contributed by atoms with van der Waals surface area (Å²) >= 11 is 0. The van der Waals surface area contributed by atoms with E-state index in [9.17, 15) is 0 Å². The third-order valence-electron chi connectivity index (χ3n) is 2.30. The number of methoxy groups -OCH3 is 2. The molecule has 6 nitrogen and oxygen atoms in total. The van der Waals surface area contributed by atoms with Crippen LogP contribution in [-0.2, 0) is 18.9 Å². The highest BCUT2D eigenvalue weighted by molar-refractivity contribution is 4.52. The number of hydrogen-bond donors (Lipinski definition) is 2. The fourth-order valence-electron chi connectivity index (χ4n) is 1.01. The van der Waals surface area contributed by atoms with E-state index in [0.29, 0.717) is 19.8 Å². The molecule has 0 heterocycles. The van der Waals surface area contributed by atoms with E-state index >= 15 is 0 Å². The first-order valence-corrected chi connectivity index (χ1v) is 6.91. The monoisotopic (exact) mass is 296 g/mol. The quantitative estimate of drug-likeness (QED) is 0.622. The zero-order valence-corrected chi connectivity index (χ0v) is 13.7.